The maximum Gasteiger partial charge on any atom is 0.119 e. The third-order valence-corrected chi connectivity index (χ3v) is 4.02. The predicted octanol–water partition coefficient (Wildman–Crippen LogP) is 3.16. The predicted molar refractivity (Wildman–Crippen MR) is 67.5 cm³/mol. The quantitative estimate of drug-likeness (QED) is 0.666. The zero-order chi connectivity index (χ0) is 11.0. The molecule has 2 rings (SSSR count). The van der Waals surface area contributed by atoms with Crippen LogP contribution in [-0.2, 0) is 13.0 Å². The molecule has 0 aliphatic carbocycles. The number of aliphatic imine (C=N–C) groups is 1. The summed E-state index contributed by atoms with van der Waals surface area (Å²) < 4.78 is 0. The Morgan fingerprint density at radius 2 is 2.13 bits per heavy atom. The molecule has 0 saturated heterocycles. The number of hydrogen-bond donors (Lipinski definition) is 0. The SMILES string of the molecule is CC(C)=Nc1sc2c(c1C)CCN(C)C2. The van der Waals surface area contributed by atoms with E-state index in [0.717, 1.165) is 12.3 Å². The van der Waals surface area contributed by atoms with Gasteiger partial charge in [-0.3, -0.25) is 0 Å². The summed E-state index contributed by atoms with van der Waals surface area (Å²) in [5, 5.41) is 1.22. The van der Waals surface area contributed by atoms with Gasteiger partial charge in [-0.15, -0.1) is 11.3 Å². The molecule has 1 aliphatic heterocycles. The highest BCUT2D eigenvalue weighted by Gasteiger charge is 2.19. The average molecular weight is 222 g/mol. The van der Waals surface area contributed by atoms with Crippen molar-refractivity contribution < 1.29 is 0 Å². The highest BCUT2D eigenvalue weighted by molar-refractivity contribution is 7.16. The van der Waals surface area contributed by atoms with E-state index in [1.807, 2.05) is 11.3 Å². The Bertz CT molecular complexity index is 400. The molecule has 0 aromatic carbocycles. The molecule has 0 N–H and O–H groups in total. The molecule has 2 nitrogen and oxygen atoms in total. The van der Waals surface area contributed by atoms with Crippen LogP contribution in [0.15, 0.2) is 4.99 Å². The maximum absolute atomic E-state index is 4.61. The average Bonchev–Trinajstić information content (AvgIpc) is 2.42. The molecule has 0 fully saturated rings. The second-order valence-electron chi connectivity index (χ2n) is 4.48. The van der Waals surface area contributed by atoms with Gasteiger partial charge in [0.05, 0.1) is 0 Å². The van der Waals surface area contributed by atoms with Crippen molar-refractivity contribution in [1.82, 2.24) is 4.90 Å². The van der Waals surface area contributed by atoms with Gasteiger partial charge in [0.1, 0.15) is 5.00 Å². The van der Waals surface area contributed by atoms with E-state index in [0.29, 0.717) is 0 Å². The van der Waals surface area contributed by atoms with Gasteiger partial charge in [0, 0.05) is 23.7 Å². The fourth-order valence-electron chi connectivity index (χ4n) is 1.98. The number of thiophene rings is 1. The van der Waals surface area contributed by atoms with Gasteiger partial charge in [0.2, 0.25) is 0 Å². The third-order valence-electron chi connectivity index (χ3n) is 2.81. The van der Waals surface area contributed by atoms with Crippen molar-refractivity contribution in [3.05, 3.63) is 16.0 Å². The molecular formula is C12H18N2S. The summed E-state index contributed by atoms with van der Waals surface area (Å²) in [6.07, 6.45) is 1.19. The molecule has 3 heteroatoms. The first-order valence-corrected chi connectivity index (χ1v) is 6.21. The summed E-state index contributed by atoms with van der Waals surface area (Å²) in [6.45, 7) is 8.61. The standard InChI is InChI=1S/C12H18N2S/c1-8(2)13-12-9(3)10-5-6-14(4)7-11(10)15-12/h5-7H2,1-4H3. The Hall–Kier alpha value is -0.670. The van der Waals surface area contributed by atoms with E-state index in [2.05, 4.69) is 37.7 Å². The Labute approximate surface area is 95.6 Å². The van der Waals surface area contributed by atoms with Crippen LogP contribution in [0.25, 0.3) is 0 Å². The molecular weight excluding hydrogens is 204 g/mol. The molecule has 82 valence electrons. The number of rotatable bonds is 1. The van der Waals surface area contributed by atoms with Crippen LogP contribution in [0.2, 0.25) is 0 Å². The molecule has 0 unspecified atom stereocenters. The van der Waals surface area contributed by atoms with Crippen LogP contribution >= 0.6 is 11.3 Å². The molecule has 1 aliphatic rings. The Morgan fingerprint density at radius 1 is 1.40 bits per heavy atom. The minimum absolute atomic E-state index is 1.10. The third kappa shape index (κ3) is 2.13. The molecule has 0 radical (unpaired) electrons. The van der Waals surface area contributed by atoms with Crippen LogP contribution in [0, 0.1) is 6.92 Å². The lowest BCUT2D eigenvalue weighted by molar-refractivity contribution is 0.317. The summed E-state index contributed by atoms with van der Waals surface area (Å²) in [5.74, 6) is 0. The number of likely N-dealkylation sites (N-methyl/N-ethyl adjacent to an activating group) is 1. The van der Waals surface area contributed by atoms with E-state index in [4.69, 9.17) is 0 Å². The second-order valence-corrected chi connectivity index (χ2v) is 5.56. The van der Waals surface area contributed by atoms with E-state index in [1.165, 1.54) is 28.4 Å². The zero-order valence-corrected chi connectivity index (χ0v) is 10.7. The van der Waals surface area contributed by atoms with E-state index < -0.39 is 0 Å². The lowest BCUT2D eigenvalue weighted by atomic mass is 10.0. The first kappa shape index (κ1) is 10.8. The fourth-order valence-corrected chi connectivity index (χ4v) is 3.39. The molecule has 1 aromatic heterocycles. The first-order valence-electron chi connectivity index (χ1n) is 5.39. The lowest BCUT2D eigenvalue weighted by Gasteiger charge is -2.22. The van der Waals surface area contributed by atoms with Crippen molar-refractivity contribution in [3.63, 3.8) is 0 Å². The zero-order valence-electron chi connectivity index (χ0n) is 9.92. The summed E-state index contributed by atoms with van der Waals surface area (Å²) in [5.41, 5.74) is 4.10. The molecule has 1 aromatic rings. The fraction of sp³-hybridized carbons (Fsp3) is 0.583. The normalized spacial score (nSPS) is 16.3. The van der Waals surface area contributed by atoms with Gasteiger partial charge >= 0.3 is 0 Å². The number of hydrogen-bond acceptors (Lipinski definition) is 3. The van der Waals surface area contributed by atoms with Crippen LogP contribution in [0.4, 0.5) is 5.00 Å². The smallest absolute Gasteiger partial charge is 0.119 e. The number of nitrogens with zero attached hydrogens (tertiary/aromatic N) is 2. The van der Waals surface area contributed by atoms with Gasteiger partial charge in [-0.1, -0.05) is 0 Å². The van der Waals surface area contributed by atoms with E-state index in [1.54, 1.807) is 5.56 Å². The van der Waals surface area contributed by atoms with Crippen molar-refractivity contribution in [2.45, 2.75) is 33.7 Å². The Morgan fingerprint density at radius 3 is 2.80 bits per heavy atom. The highest BCUT2D eigenvalue weighted by atomic mass is 32.1. The molecule has 0 spiro atoms. The van der Waals surface area contributed by atoms with E-state index in [9.17, 15) is 0 Å². The Balaban J connectivity index is 2.40. The summed E-state index contributed by atoms with van der Waals surface area (Å²) >= 11 is 1.86. The second kappa shape index (κ2) is 4.06. The van der Waals surface area contributed by atoms with Crippen LogP contribution in [0.3, 0.4) is 0 Å². The van der Waals surface area contributed by atoms with E-state index in [-0.39, 0.29) is 0 Å². The maximum atomic E-state index is 4.61. The van der Waals surface area contributed by atoms with Gasteiger partial charge in [-0.05, 0) is 45.4 Å². The van der Waals surface area contributed by atoms with Crippen LogP contribution in [-0.4, -0.2) is 24.2 Å². The van der Waals surface area contributed by atoms with Gasteiger partial charge in [0.25, 0.3) is 0 Å². The molecule has 2 heterocycles. The van der Waals surface area contributed by atoms with Crippen molar-refractivity contribution in [3.8, 4) is 0 Å². The topological polar surface area (TPSA) is 15.6 Å². The molecule has 0 atom stereocenters. The largest absolute Gasteiger partial charge is 0.301 e. The van der Waals surface area contributed by atoms with E-state index >= 15 is 0 Å². The summed E-state index contributed by atoms with van der Waals surface area (Å²) in [4.78, 5) is 8.50. The molecule has 0 amide bonds. The lowest BCUT2D eigenvalue weighted by Crippen LogP contribution is -2.25. The first-order chi connectivity index (χ1) is 7.08. The molecule has 0 saturated carbocycles. The van der Waals surface area contributed by atoms with Gasteiger partial charge in [-0.2, -0.15) is 0 Å². The summed E-state index contributed by atoms with van der Waals surface area (Å²) in [7, 11) is 2.19. The summed E-state index contributed by atoms with van der Waals surface area (Å²) in [6, 6.07) is 0. The van der Waals surface area contributed by atoms with Crippen LogP contribution in [0.1, 0.15) is 29.9 Å². The minimum atomic E-state index is 1.10. The van der Waals surface area contributed by atoms with Crippen molar-refractivity contribution >= 4 is 22.0 Å². The molecule has 0 bridgehead atoms. The van der Waals surface area contributed by atoms with Gasteiger partial charge < -0.3 is 4.90 Å². The minimum Gasteiger partial charge on any atom is -0.301 e. The Kier molecular flexibility index (Phi) is 2.94. The highest BCUT2D eigenvalue weighted by Crippen LogP contribution is 2.37. The van der Waals surface area contributed by atoms with Crippen LogP contribution in [0.5, 0.6) is 0 Å². The van der Waals surface area contributed by atoms with Gasteiger partial charge in [-0.25, -0.2) is 4.99 Å². The van der Waals surface area contributed by atoms with Crippen molar-refractivity contribution in [2.24, 2.45) is 4.99 Å². The van der Waals surface area contributed by atoms with Crippen molar-refractivity contribution in [2.75, 3.05) is 13.6 Å². The van der Waals surface area contributed by atoms with Gasteiger partial charge in [0.15, 0.2) is 0 Å². The van der Waals surface area contributed by atoms with Crippen LogP contribution < -0.4 is 0 Å². The monoisotopic (exact) mass is 222 g/mol. The number of fused-ring (bicyclic) bond motifs is 1. The van der Waals surface area contributed by atoms with Crippen molar-refractivity contribution in [1.29, 1.82) is 0 Å². The molecule has 15 heavy (non-hydrogen) atoms.